The molecule has 1 aliphatic carbocycles. The summed E-state index contributed by atoms with van der Waals surface area (Å²) in [5.74, 6) is 0.769. The maximum absolute atomic E-state index is 13.7. The molecule has 1 aromatic heterocycles. The van der Waals surface area contributed by atoms with Gasteiger partial charge in [-0.15, -0.1) is 0 Å². The van der Waals surface area contributed by atoms with Gasteiger partial charge in [0.05, 0.1) is 5.71 Å². The van der Waals surface area contributed by atoms with Crippen molar-refractivity contribution in [3.8, 4) is 11.4 Å². The number of piperidine rings is 1. The van der Waals surface area contributed by atoms with Gasteiger partial charge in [-0.3, -0.25) is 14.6 Å². The maximum Gasteiger partial charge on any atom is 0.223 e. The number of aliphatic imine (C=N–C) groups is 1. The smallest absolute Gasteiger partial charge is 0.223 e. The molecule has 0 bridgehead atoms. The molecule has 1 saturated heterocycles. The quantitative estimate of drug-likeness (QED) is 0.194. The molecule has 1 aromatic carbocycles. The van der Waals surface area contributed by atoms with Crippen molar-refractivity contribution in [1.82, 2.24) is 20.2 Å². The third kappa shape index (κ3) is 7.73. The van der Waals surface area contributed by atoms with Crippen LogP contribution in [0.3, 0.4) is 0 Å². The zero-order valence-electron chi connectivity index (χ0n) is 25.4. The summed E-state index contributed by atoms with van der Waals surface area (Å²) in [5.41, 5.74) is 8.85. The molecule has 1 saturated carbocycles. The molecule has 1 unspecified atom stereocenters. The van der Waals surface area contributed by atoms with Crippen LogP contribution in [0.4, 0.5) is 4.39 Å². The van der Waals surface area contributed by atoms with E-state index >= 15 is 0 Å². The van der Waals surface area contributed by atoms with E-state index in [0.717, 1.165) is 75.8 Å². The Balaban J connectivity index is 1.54. The van der Waals surface area contributed by atoms with Crippen molar-refractivity contribution < 1.29 is 14.0 Å². The number of Topliss-reactive ketones (excluding diaryl/α,β-unsaturated/α-hetero) is 1. The molecule has 9 heteroatoms. The number of hydrogen-bond acceptors (Lipinski definition) is 6. The normalized spacial score (nSPS) is 19.3. The average Bonchev–Trinajstić information content (AvgIpc) is 3.53. The van der Waals surface area contributed by atoms with Gasteiger partial charge in [0.15, 0.2) is 0 Å². The van der Waals surface area contributed by atoms with E-state index in [1.54, 1.807) is 25.3 Å². The zero-order chi connectivity index (χ0) is 30.1. The number of halogens is 1. The lowest BCUT2D eigenvalue weighted by Gasteiger charge is -2.31. The van der Waals surface area contributed by atoms with Crippen molar-refractivity contribution in [2.75, 3.05) is 33.2 Å². The first-order valence-electron chi connectivity index (χ1n) is 15.6. The van der Waals surface area contributed by atoms with Gasteiger partial charge in [0.25, 0.3) is 0 Å². The van der Waals surface area contributed by atoms with Crippen LogP contribution in [-0.2, 0) is 9.59 Å². The van der Waals surface area contributed by atoms with Crippen LogP contribution in [0, 0.1) is 17.2 Å². The molecule has 0 radical (unpaired) electrons. The van der Waals surface area contributed by atoms with Gasteiger partial charge < -0.3 is 20.9 Å². The molecule has 2 aromatic rings. The molecule has 42 heavy (non-hydrogen) atoms. The van der Waals surface area contributed by atoms with Gasteiger partial charge in [-0.05, 0) is 93.7 Å². The maximum atomic E-state index is 13.7. The Kier molecular flexibility index (Phi) is 11.1. The van der Waals surface area contributed by atoms with E-state index in [2.05, 4.69) is 27.1 Å². The lowest BCUT2D eigenvalue weighted by atomic mass is 9.90. The number of hydrogen-bond donors (Lipinski definition) is 3. The minimum atomic E-state index is -0.312. The second kappa shape index (κ2) is 14.7. The summed E-state index contributed by atoms with van der Waals surface area (Å²) >= 11 is 0. The Hall–Kier alpha value is -3.33. The number of allylic oxidation sites excluding steroid dienone is 1. The van der Waals surface area contributed by atoms with Crippen LogP contribution in [0.25, 0.3) is 11.4 Å². The lowest BCUT2D eigenvalue weighted by molar-refractivity contribution is -0.123. The number of imidazole rings is 1. The van der Waals surface area contributed by atoms with Crippen molar-refractivity contribution >= 4 is 17.4 Å². The first-order valence-corrected chi connectivity index (χ1v) is 15.6. The van der Waals surface area contributed by atoms with E-state index in [-0.39, 0.29) is 29.0 Å². The van der Waals surface area contributed by atoms with Crippen molar-refractivity contribution in [1.29, 1.82) is 0 Å². The van der Waals surface area contributed by atoms with Crippen LogP contribution in [-0.4, -0.2) is 65.5 Å². The van der Waals surface area contributed by atoms with Crippen LogP contribution in [0.15, 0.2) is 41.5 Å². The number of unbranched alkanes of at least 4 members (excludes halogenated alkanes) is 2. The molecule has 4 N–H and O–H groups in total. The highest BCUT2D eigenvalue weighted by atomic mass is 19.1. The number of ketones is 1. The fourth-order valence-electron chi connectivity index (χ4n) is 6.32. The number of aromatic amines is 1. The second-order valence-electron chi connectivity index (χ2n) is 11.8. The number of carbonyl (C=O) groups excluding carboxylic acids is 2. The van der Waals surface area contributed by atoms with Crippen molar-refractivity contribution in [3.05, 3.63) is 53.7 Å². The first kappa shape index (κ1) is 31.6. The third-order valence-electron chi connectivity index (χ3n) is 9.23. The summed E-state index contributed by atoms with van der Waals surface area (Å²) in [4.78, 5) is 40.5. The number of carbonyl (C=O) groups is 2. The van der Waals surface area contributed by atoms with Gasteiger partial charge >= 0.3 is 0 Å². The van der Waals surface area contributed by atoms with E-state index in [9.17, 15) is 14.0 Å². The van der Waals surface area contributed by atoms with Gasteiger partial charge in [-0.2, -0.15) is 0 Å². The number of amides is 1. The highest BCUT2D eigenvalue weighted by Crippen LogP contribution is 2.59. The van der Waals surface area contributed by atoms with E-state index < -0.39 is 0 Å². The van der Waals surface area contributed by atoms with Gasteiger partial charge in [0.2, 0.25) is 5.91 Å². The molecular formula is C33H47FN6O2. The molecule has 1 aliphatic heterocycles. The molecule has 2 fully saturated rings. The first-order chi connectivity index (χ1) is 20.3. The van der Waals surface area contributed by atoms with E-state index in [0.29, 0.717) is 42.4 Å². The topological polar surface area (TPSA) is 116 Å². The van der Waals surface area contributed by atoms with Gasteiger partial charge in [-0.1, -0.05) is 26.7 Å². The Morgan fingerprint density at radius 1 is 1.21 bits per heavy atom. The number of aromatic nitrogens is 2. The summed E-state index contributed by atoms with van der Waals surface area (Å²) in [7, 11) is 1.70. The largest absolute Gasteiger partial charge is 0.405 e. The third-order valence-corrected chi connectivity index (χ3v) is 9.23. The van der Waals surface area contributed by atoms with Crippen molar-refractivity contribution in [3.63, 3.8) is 0 Å². The number of benzene rings is 1. The summed E-state index contributed by atoms with van der Waals surface area (Å²) in [6.45, 7) is 7.78. The lowest BCUT2D eigenvalue weighted by Crippen LogP contribution is -2.37. The number of likely N-dealkylation sites (tertiary alicyclic amines) is 1. The number of nitrogens with two attached hydrogens (primary N) is 1. The molecule has 2 aliphatic rings. The monoisotopic (exact) mass is 578 g/mol. The molecule has 1 amide bonds. The summed E-state index contributed by atoms with van der Waals surface area (Å²) in [6.07, 6.45) is 11.0. The predicted molar refractivity (Wildman–Crippen MR) is 166 cm³/mol. The number of H-pyrrole nitrogens is 1. The fourth-order valence-corrected chi connectivity index (χ4v) is 6.32. The van der Waals surface area contributed by atoms with E-state index in [1.807, 2.05) is 6.92 Å². The number of rotatable bonds is 15. The molecule has 4 rings (SSSR count). The Labute approximate surface area is 249 Å². The second-order valence-corrected chi connectivity index (χ2v) is 11.8. The van der Waals surface area contributed by atoms with Crippen LogP contribution in [0.5, 0.6) is 0 Å². The minimum Gasteiger partial charge on any atom is -0.405 e. The van der Waals surface area contributed by atoms with Crippen molar-refractivity contribution in [2.45, 2.75) is 77.6 Å². The molecule has 1 spiro atoms. The standard InChI is InChI=1S/C33H47FN6O2/c1-4-26(41)10-8-6-7-9-24(22-37-32(42)27-21-33(27)16-19-40(5-2)20-17-33)29-30(28(36-3)15-18-35)39-31(38-29)23-11-13-25(34)14-12-23/h11-15,18,24,27H,4-10,16-17,19-22,35H2,1-3H3,(H,37,42)(H,38,39)/b18-15-,36-28?/t24-,27?/m1/s1. The summed E-state index contributed by atoms with van der Waals surface area (Å²) in [6, 6.07) is 6.22. The Morgan fingerprint density at radius 3 is 2.60 bits per heavy atom. The van der Waals surface area contributed by atoms with Gasteiger partial charge in [0.1, 0.15) is 23.1 Å². The van der Waals surface area contributed by atoms with Crippen LogP contribution >= 0.6 is 0 Å². The summed E-state index contributed by atoms with van der Waals surface area (Å²) in [5, 5.41) is 3.29. The average molecular weight is 579 g/mol. The molecule has 2 atom stereocenters. The van der Waals surface area contributed by atoms with Crippen LogP contribution in [0.1, 0.15) is 88.9 Å². The van der Waals surface area contributed by atoms with E-state index in [1.165, 1.54) is 18.3 Å². The van der Waals surface area contributed by atoms with Gasteiger partial charge in [-0.25, -0.2) is 9.37 Å². The number of nitrogens with one attached hydrogen (secondary N) is 2. The van der Waals surface area contributed by atoms with Crippen LogP contribution in [0.2, 0.25) is 0 Å². The minimum absolute atomic E-state index is 0.0490. The molecule has 8 nitrogen and oxygen atoms in total. The predicted octanol–water partition coefficient (Wildman–Crippen LogP) is 5.36. The van der Waals surface area contributed by atoms with Gasteiger partial charge in [0, 0.05) is 49.5 Å². The number of nitrogens with zero attached hydrogens (tertiary/aromatic N) is 3. The molecular weight excluding hydrogens is 531 g/mol. The highest BCUT2D eigenvalue weighted by molar-refractivity contribution is 6.08. The van der Waals surface area contributed by atoms with E-state index in [4.69, 9.17) is 10.7 Å². The Morgan fingerprint density at radius 2 is 1.95 bits per heavy atom. The van der Waals surface area contributed by atoms with Crippen LogP contribution < -0.4 is 11.1 Å². The highest BCUT2D eigenvalue weighted by Gasteiger charge is 2.58. The summed E-state index contributed by atoms with van der Waals surface area (Å²) < 4.78 is 13.7. The van der Waals surface area contributed by atoms with Crippen molar-refractivity contribution in [2.24, 2.45) is 22.1 Å². The fraction of sp³-hybridized carbons (Fsp3) is 0.576. The SMILES string of the molecule is CCC(=O)CCCCC[C@H](CNC(=O)C1CC12CCN(CC)CC2)c1[nH]c(-c2ccc(F)cc2)nc1C(/C=C\N)=NC. The molecule has 228 valence electrons. The Bertz CT molecular complexity index is 1260. The zero-order valence-corrected chi connectivity index (χ0v) is 25.4. The molecule has 2 heterocycles.